The Hall–Kier alpha value is -3.04. The van der Waals surface area contributed by atoms with Gasteiger partial charge in [0.05, 0.1) is 6.33 Å². The van der Waals surface area contributed by atoms with Crippen LogP contribution in [-0.2, 0) is 20.1 Å². The topological polar surface area (TPSA) is 50.6 Å². The number of nitrogens with zero attached hydrogens (tertiary/aromatic N) is 4. The summed E-state index contributed by atoms with van der Waals surface area (Å²) in [5.41, 5.74) is 2.33. The molecule has 190 valence electrons. The van der Waals surface area contributed by atoms with Crippen molar-refractivity contribution in [3.63, 3.8) is 0 Å². The standard InChI is InChI=1S/C26H26ClF3N4O2/c1-32-15-24(31-16-32)25(35)34(11-18-3-2-4-19(27)9-18)14-23-21-12-33(13-22(21)23)10-17-5-7-20(8-6-17)36-26(28,29)30/h2-9,15-16,21-23H,10-14H2,1H3. The van der Waals surface area contributed by atoms with Crippen LogP contribution in [0.1, 0.15) is 21.6 Å². The van der Waals surface area contributed by atoms with Crippen LogP contribution in [0.5, 0.6) is 5.75 Å². The predicted octanol–water partition coefficient (Wildman–Crippen LogP) is 4.99. The first-order chi connectivity index (χ1) is 17.1. The molecule has 36 heavy (non-hydrogen) atoms. The van der Waals surface area contributed by atoms with E-state index in [1.807, 2.05) is 36.2 Å². The number of hydrogen-bond donors (Lipinski definition) is 0. The van der Waals surface area contributed by atoms with E-state index in [1.165, 1.54) is 12.1 Å². The first kappa shape index (κ1) is 24.6. The molecule has 6 nitrogen and oxygen atoms in total. The summed E-state index contributed by atoms with van der Waals surface area (Å²) in [6.07, 6.45) is -1.34. The van der Waals surface area contributed by atoms with Gasteiger partial charge in [0.25, 0.3) is 5.91 Å². The van der Waals surface area contributed by atoms with E-state index in [-0.39, 0.29) is 11.7 Å². The number of carbonyl (C=O) groups is 1. The molecule has 1 aliphatic heterocycles. The van der Waals surface area contributed by atoms with Crippen LogP contribution in [0.3, 0.4) is 0 Å². The fourth-order valence-electron chi connectivity index (χ4n) is 5.21. The van der Waals surface area contributed by atoms with Crippen LogP contribution < -0.4 is 4.74 Å². The molecule has 5 rings (SSSR count). The summed E-state index contributed by atoms with van der Waals surface area (Å²) in [4.78, 5) is 21.7. The van der Waals surface area contributed by atoms with E-state index in [2.05, 4.69) is 14.6 Å². The summed E-state index contributed by atoms with van der Waals surface area (Å²) in [5, 5.41) is 0.634. The summed E-state index contributed by atoms with van der Waals surface area (Å²) in [6, 6.07) is 13.6. The Morgan fingerprint density at radius 2 is 1.86 bits per heavy atom. The number of likely N-dealkylation sites (tertiary alicyclic amines) is 1. The number of aryl methyl sites for hydroxylation is 1. The van der Waals surface area contributed by atoms with Gasteiger partial charge in [-0.05, 0) is 53.1 Å². The van der Waals surface area contributed by atoms with Gasteiger partial charge in [-0.1, -0.05) is 35.9 Å². The van der Waals surface area contributed by atoms with Crippen LogP contribution in [0.2, 0.25) is 5.02 Å². The maximum atomic E-state index is 13.3. The number of piperidine rings is 1. The Morgan fingerprint density at radius 3 is 2.47 bits per heavy atom. The van der Waals surface area contributed by atoms with Crippen LogP contribution in [-0.4, -0.2) is 51.3 Å². The van der Waals surface area contributed by atoms with Crippen LogP contribution >= 0.6 is 11.6 Å². The molecule has 1 saturated heterocycles. The number of alkyl halides is 3. The minimum Gasteiger partial charge on any atom is -0.406 e. The van der Waals surface area contributed by atoms with Crippen molar-refractivity contribution in [2.24, 2.45) is 24.8 Å². The zero-order valence-corrected chi connectivity index (χ0v) is 20.4. The van der Waals surface area contributed by atoms with Gasteiger partial charge in [-0.25, -0.2) is 4.98 Å². The smallest absolute Gasteiger partial charge is 0.406 e. The third-order valence-corrected chi connectivity index (χ3v) is 7.15. The van der Waals surface area contributed by atoms with Crippen molar-refractivity contribution < 1.29 is 22.7 Å². The highest BCUT2D eigenvalue weighted by Crippen LogP contribution is 2.52. The molecule has 1 aromatic heterocycles. The predicted molar refractivity (Wildman–Crippen MR) is 128 cm³/mol. The van der Waals surface area contributed by atoms with E-state index < -0.39 is 6.36 Å². The van der Waals surface area contributed by atoms with Crippen molar-refractivity contribution in [1.82, 2.24) is 19.4 Å². The van der Waals surface area contributed by atoms with Gasteiger partial charge in [-0.2, -0.15) is 0 Å². The molecule has 1 saturated carbocycles. The first-order valence-electron chi connectivity index (χ1n) is 11.7. The molecule has 10 heteroatoms. The number of fused-ring (bicyclic) bond motifs is 1. The molecule has 0 bridgehead atoms. The SMILES string of the molecule is Cn1cnc(C(=O)N(Cc2cccc(Cl)c2)CC2C3CN(Cc4ccc(OC(F)(F)F)cc4)CC32)c1. The molecule has 2 fully saturated rings. The lowest BCUT2D eigenvalue weighted by Crippen LogP contribution is -2.35. The summed E-state index contributed by atoms with van der Waals surface area (Å²) < 4.78 is 42.8. The van der Waals surface area contributed by atoms with Gasteiger partial charge in [0.1, 0.15) is 11.4 Å². The van der Waals surface area contributed by atoms with E-state index >= 15 is 0 Å². The van der Waals surface area contributed by atoms with E-state index in [0.717, 1.165) is 24.2 Å². The van der Waals surface area contributed by atoms with E-state index in [0.29, 0.717) is 48.1 Å². The monoisotopic (exact) mass is 518 g/mol. The maximum absolute atomic E-state index is 13.3. The van der Waals surface area contributed by atoms with Crippen LogP contribution in [0.15, 0.2) is 61.1 Å². The van der Waals surface area contributed by atoms with Crippen LogP contribution in [0, 0.1) is 17.8 Å². The highest BCUT2D eigenvalue weighted by molar-refractivity contribution is 6.30. The lowest BCUT2D eigenvalue weighted by molar-refractivity contribution is -0.274. The number of aromatic nitrogens is 2. The molecule has 2 unspecified atom stereocenters. The average Bonchev–Trinajstić information content (AvgIpc) is 3.14. The van der Waals surface area contributed by atoms with Crippen molar-refractivity contribution in [2.45, 2.75) is 19.5 Å². The van der Waals surface area contributed by atoms with E-state index in [1.54, 1.807) is 29.2 Å². The van der Waals surface area contributed by atoms with Gasteiger partial charge >= 0.3 is 6.36 Å². The zero-order chi connectivity index (χ0) is 25.4. The molecular formula is C26H26ClF3N4O2. The van der Waals surface area contributed by atoms with Crippen LogP contribution in [0.4, 0.5) is 13.2 Å². The quantitative estimate of drug-likeness (QED) is 0.421. The van der Waals surface area contributed by atoms with E-state index in [4.69, 9.17) is 11.6 Å². The molecule has 2 aromatic carbocycles. The summed E-state index contributed by atoms with van der Waals surface area (Å²) in [7, 11) is 1.84. The molecule has 2 aliphatic rings. The number of ether oxygens (including phenoxy) is 1. The number of imidazole rings is 1. The second-order valence-corrected chi connectivity index (χ2v) is 10.1. The lowest BCUT2D eigenvalue weighted by Gasteiger charge is -2.25. The van der Waals surface area contributed by atoms with E-state index in [9.17, 15) is 18.0 Å². The van der Waals surface area contributed by atoms with Gasteiger partial charge in [0, 0.05) is 51.0 Å². The minimum absolute atomic E-state index is 0.0985. The summed E-state index contributed by atoms with van der Waals surface area (Å²) in [6.45, 7) is 3.58. The Kier molecular flexibility index (Phi) is 6.70. The molecule has 0 spiro atoms. The normalized spacial score (nSPS) is 21.3. The number of carbonyl (C=O) groups excluding carboxylic acids is 1. The van der Waals surface area contributed by atoms with Crippen molar-refractivity contribution >= 4 is 17.5 Å². The van der Waals surface area contributed by atoms with Crippen molar-refractivity contribution in [2.75, 3.05) is 19.6 Å². The second-order valence-electron chi connectivity index (χ2n) is 9.62. The minimum atomic E-state index is -4.69. The molecule has 1 aliphatic carbocycles. The third-order valence-electron chi connectivity index (χ3n) is 6.91. The largest absolute Gasteiger partial charge is 0.573 e. The van der Waals surface area contributed by atoms with Crippen molar-refractivity contribution in [3.05, 3.63) is 82.9 Å². The highest BCUT2D eigenvalue weighted by Gasteiger charge is 2.55. The summed E-state index contributed by atoms with van der Waals surface area (Å²) in [5.74, 6) is 1.09. The average molecular weight is 519 g/mol. The number of benzene rings is 2. The fourth-order valence-corrected chi connectivity index (χ4v) is 5.42. The molecule has 2 heterocycles. The second kappa shape index (κ2) is 9.78. The van der Waals surface area contributed by atoms with Crippen molar-refractivity contribution in [3.8, 4) is 5.75 Å². The molecular weight excluding hydrogens is 493 g/mol. The Balaban J connectivity index is 1.19. The maximum Gasteiger partial charge on any atom is 0.573 e. The number of halogens is 4. The molecule has 3 aromatic rings. The van der Waals surface area contributed by atoms with Gasteiger partial charge in [-0.15, -0.1) is 13.2 Å². The van der Waals surface area contributed by atoms with Crippen LogP contribution in [0.25, 0.3) is 0 Å². The third kappa shape index (κ3) is 5.84. The first-order valence-corrected chi connectivity index (χ1v) is 12.1. The van der Waals surface area contributed by atoms with Gasteiger partial charge in [0.15, 0.2) is 0 Å². The number of hydrogen-bond acceptors (Lipinski definition) is 4. The fraction of sp³-hybridized carbons (Fsp3) is 0.385. The Morgan fingerprint density at radius 1 is 1.14 bits per heavy atom. The highest BCUT2D eigenvalue weighted by atomic mass is 35.5. The Labute approximate surface area is 212 Å². The van der Waals surface area contributed by atoms with Gasteiger partial charge in [-0.3, -0.25) is 9.69 Å². The number of amides is 1. The molecule has 2 atom stereocenters. The lowest BCUT2D eigenvalue weighted by atomic mass is 10.1. The zero-order valence-electron chi connectivity index (χ0n) is 19.7. The summed E-state index contributed by atoms with van der Waals surface area (Å²) >= 11 is 6.16. The van der Waals surface area contributed by atoms with Crippen molar-refractivity contribution in [1.29, 1.82) is 0 Å². The number of rotatable bonds is 8. The van der Waals surface area contributed by atoms with Gasteiger partial charge in [0.2, 0.25) is 0 Å². The Bertz CT molecular complexity index is 1220. The molecule has 0 N–H and O–H groups in total. The van der Waals surface area contributed by atoms with Gasteiger partial charge < -0.3 is 14.2 Å². The molecule has 0 radical (unpaired) electrons. The molecule has 1 amide bonds.